The zero-order chi connectivity index (χ0) is 29.3. The molecule has 41 heavy (non-hydrogen) atoms. The van der Waals surface area contributed by atoms with Gasteiger partial charge in [0.1, 0.15) is 17.6 Å². The Hall–Kier alpha value is -3.95. The average Bonchev–Trinajstić information content (AvgIpc) is 3.47. The summed E-state index contributed by atoms with van der Waals surface area (Å²) in [7, 11) is 0. The molecule has 10 heteroatoms. The highest BCUT2D eigenvalue weighted by Crippen LogP contribution is 2.52. The molecule has 0 bridgehead atoms. The van der Waals surface area contributed by atoms with Crippen LogP contribution in [0.2, 0.25) is 5.02 Å². The van der Waals surface area contributed by atoms with Crippen LogP contribution in [0.4, 0.5) is 10.1 Å². The van der Waals surface area contributed by atoms with Gasteiger partial charge in [-0.1, -0.05) is 35.9 Å². The first-order valence-electron chi connectivity index (χ1n) is 13.2. The van der Waals surface area contributed by atoms with Gasteiger partial charge in [-0.05, 0) is 67.6 Å². The molecule has 5 rings (SSSR count). The second-order valence-electron chi connectivity index (χ2n) is 9.60. The van der Waals surface area contributed by atoms with E-state index in [9.17, 15) is 18.8 Å². The molecule has 1 aliphatic carbocycles. The molecule has 0 spiro atoms. The van der Waals surface area contributed by atoms with E-state index < -0.39 is 41.3 Å². The lowest BCUT2D eigenvalue weighted by molar-refractivity contribution is -0.152. The van der Waals surface area contributed by atoms with Crippen LogP contribution in [0.1, 0.15) is 42.5 Å². The van der Waals surface area contributed by atoms with Crippen LogP contribution in [0.15, 0.2) is 88.7 Å². The van der Waals surface area contributed by atoms with Gasteiger partial charge in [0.25, 0.3) is 0 Å². The quantitative estimate of drug-likeness (QED) is 0.262. The predicted molar refractivity (Wildman–Crippen MR) is 155 cm³/mol. The molecule has 1 aromatic heterocycles. The van der Waals surface area contributed by atoms with E-state index in [0.717, 1.165) is 4.88 Å². The molecular weight excluding hydrogens is 567 g/mol. The van der Waals surface area contributed by atoms with E-state index in [1.807, 2.05) is 17.5 Å². The molecule has 212 valence electrons. The fraction of sp³-hybridized carbons (Fsp3) is 0.258. The van der Waals surface area contributed by atoms with E-state index in [0.29, 0.717) is 22.0 Å². The number of hydrogen-bond acceptors (Lipinski definition) is 8. The number of allylic oxidation sites excluding steroid dienone is 2. The van der Waals surface area contributed by atoms with Gasteiger partial charge in [0, 0.05) is 27.1 Å². The van der Waals surface area contributed by atoms with E-state index in [1.165, 1.54) is 34.4 Å². The minimum Gasteiger partial charge on any atom is -0.465 e. The number of rotatable bonds is 7. The van der Waals surface area contributed by atoms with Gasteiger partial charge >= 0.3 is 11.9 Å². The molecule has 3 aromatic rings. The first-order valence-corrected chi connectivity index (χ1v) is 14.5. The van der Waals surface area contributed by atoms with Crippen LogP contribution < -0.4 is 10.6 Å². The first-order chi connectivity index (χ1) is 19.8. The van der Waals surface area contributed by atoms with E-state index in [4.69, 9.17) is 26.8 Å². The summed E-state index contributed by atoms with van der Waals surface area (Å²) < 4.78 is 25.3. The van der Waals surface area contributed by atoms with Crippen molar-refractivity contribution < 1.29 is 28.2 Å². The lowest BCUT2D eigenvalue weighted by Gasteiger charge is -2.43. The Bertz CT molecular complexity index is 1570. The standard InChI is InChI=1S/C31H28ClFN2O5S/c1-3-39-30(37)25-21(23-12-7-13-41-23)16-22-26(28(25)36)24(17-8-5-9-18(32)14-17)27(31(38)40-4-2)29(34)35(22)20-11-6-10-19(33)15-20/h5-15,21,24-25H,3-4,16,34H2,1-2H3/t21-,24+,25+/m0/s1. The van der Waals surface area contributed by atoms with E-state index in [-0.39, 0.29) is 36.6 Å². The third-order valence-corrected chi connectivity index (χ3v) is 8.47. The highest BCUT2D eigenvalue weighted by Gasteiger charge is 2.51. The van der Waals surface area contributed by atoms with Crippen molar-refractivity contribution in [3.8, 4) is 0 Å². The maximum Gasteiger partial charge on any atom is 0.338 e. The predicted octanol–water partition coefficient (Wildman–Crippen LogP) is 6.07. The minimum absolute atomic E-state index is 0.00246. The zero-order valence-electron chi connectivity index (χ0n) is 22.4. The number of carbonyl (C=O) groups excluding carboxylic acids is 3. The molecule has 2 heterocycles. The van der Waals surface area contributed by atoms with Crippen molar-refractivity contribution in [3.05, 3.63) is 110 Å². The Morgan fingerprint density at radius 3 is 2.49 bits per heavy atom. The third kappa shape index (κ3) is 5.27. The van der Waals surface area contributed by atoms with E-state index in [1.54, 1.807) is 44.2 Å². The number of hydrogen-bond donors (Lipinski definition) is 1. The molecule has 0 amide bonds. The second-order valence-corrected chi connectivity index (χ2v) is 11.0. The van der Waals surface area contributed by atoms with Crippen molar-refractivity contribution in [1.29, 1.82) is 0 Å². The summed E-state index contributed by atoms with van der Waals surface area (Å²) in [5.74, 6) is -5.10. The van der Waals surface area contributed by atoms with Crippen LogP contribution >= 0.6 is 22.9 Å². The van der Waals surface area contributed by atoms with Gasteiger partial charge in [0.15, 0.2) is 5.78 Å². The average molecular weight is 595 g/mol. The summed E-state index contributed by atoms with van der Waals surface area (Å²) >= 11 is 7.79. The summed E-state index contributed by atoms with van der Waals surface area (Å²) in [6, 6.07) is 16.2. The second kappa shape index (κ2) is 11.9. The lowest BCUT2D eigenvalue weighted by atomic mass is 9.68. The number of nitrogens with zero attached hydrogens (tertiary/aromatic N) is 1. The number of benzene rings is 2. The van der Waals surface area contributed by atoms with Crippen molar-refractivity contribution >= 4 is 46.3 Å². The number of halogens is 2. The minimum atomic E-state index is -1.16. The largest absolute Gasteiger partial charge is 0.465 e. The maximum absolute atomic E-state index is 14.6. The third-order valence-electron chi connectivity index (χ3n) is 7.23. The van der Waals surface area contributed by atoms with Crippen molar-refractivity contribution in [2.75, 3.05) is 18.1 Å². The SMILES string of the molecule is CCOC(=O)C1=C(N)N(c2cccc(F)c2)C2=C(C(=O)[C@H](C(=O)OCC)[C@H](c3cccs3)C2)[C@H]1c1cccc(Cl)c1. The van der Waals surface area contributed by atoms with Gasteiger partial charge in [-0.3, -0.25) is 14.5 Å². The van der Waals surface area contributed by atoms with Crippen molar-refractivity contribution in [1.82, 2.24) is 0 Å². The summed E-state index contributed by atoms with van der Waals surface area (Å²) in [5.41, 5.74) is 8.30. The molecule has 1 aliphatic heterocycles. The van der Waals surface area contributed by atoms with Crippen LogP contribution in [0.3, 0.4) is 0 Å². The molecule has 3 atom stereocenters. The van der Waals surface area contributed by atoms with Crippen LogP contribution in [-0.2, 0) is 23.9 Å². The molecule has 0 unspecified atom stereocenters. The van der Waals surface area contributed by atoms with Crippen LogP contribution in [0.25, 0.3) is 0 Å². The van der Waals surface area contributed by atoms with Gasteiger partial charge in [-0.25, -0.2) is 9.18 Å². The Morgan fingerprint density at radius 2 is 1.83 bits per heavy atom. The summed E-state index contributed by atoms with van der Waals surface area (Å²) in [6.07, 6.45) is 0.204. The van der Waals surface area contributed by atoms with Crippen molar-refractivity contribution in [2.45, 2.75) is 32.1 Å². The Morgan fingerprint density at radius 1 is 1.07 bits per heavy atom. The smallest absolute Gasteiger partial charge is 0.338 e. The number of carbonyl (C=O) groups is 3. The fourth-order valence-corrected chi connectivity index (χ4v) is 6.70. The van der Waals surface area contributed by atoms with E-state index in [2.05, 4.69) is 0 Å². The Balaban J connectivity index is 1.82. The molecular formula is C31H28ClFN2O5S. The normalized spacial score (nSPS) is 20.6. The molecule has 0 saturated heterocycles. The number of ether oxygens (including phenoxy) is 2. The molecule has 0 saturated carbocycles. The number of Topliss-reactive ketones (excluding diaryl/α,β-unsaturated/α-hetero) is 1. The maximum atomic E-state index is 14.6. The van der Waals surface area contributed by atoms with Gasteiger partial charge in [-0.2, -0.15) is 0 Å². The topological polar surface area (TPSA) is 98.9 Å². The van der Waals surface area contributed by atoms with Crippen LogP contribution in [0, 0.1) is 11.7 Å². The lowest BCUT2D eigenvalue weighted by Crippen LogP contribution is -2.46. The molecule has 2 N–H and O–H groups in total. The Labute approximate surface area is 246 Å². The molecule has 0 radical (unpaired) electrons. The van der Waals surface area contributed by atoms with Gasteiger partial charge < -0.3 is 15.2 Å². The van der Waals surface area contributed by atoms with Gasteiger partial charge in [-0.15, -0.1) is 11.3 Å². The first kappa shape index (κ1) is 28.6. The monoisotopic (exact) mass is 594 g/mol. The molecule has 0 fully saturated rings. The van der Waals surface area contributed by atoms with Crippen LogP contribution in [0.5, 0.6) is 0 Å². The fourth-order valence-electron chi connectivity index (χ4n) is 5.64. The number of thiophene rings is 1. The summed E-state index contributed by atoms with van der Waals surface area (Å²) in [6.45, 7) is 3.50. The summed E-state index contributed by atoms with van der Waals surface area (Å²) in [5, 5.41) is 2.26. The van der Waals surface area contributed by atoms with Crippen LogP contribution in [-0.4, -0.2) is 30.9 Å². The molecule has 7 nitrogen and oxygen atoms in total. The number of ketones is 1. The van der Waals surface area contributed by atoms with Gasteiger partial charge in [0.2, 0.25) is 0 Å². The zero-order valence-corrected chi connectivity index (χ0v) is 24.0. The van der Waals surface area contributed by atoms with Gasteiger partial charge in [0.05, 0.1) is 30.4 Å². The molecule has 2 aliphatic rings. The number of esters is 2. The highest BCUT2D eigenvalue weighted by molar-refractivity contribution is 7.10. The number of nitrogens with two attached hydrogens (primary N) is 1. The number of anilines is 1. The highest BCUT2D eigenvalue weighted by atomic mass is 35.5. The van der Waals surface area contributed by atoms with Crippen molar-refractivity contribution in [2.24, 2.45) is 11.7 Å². The summed E-state index contributed by atoms with van der Waals surface area (Å²) in [4.78, 5) is 43.9. The molecule has 2 aromatic carbocycles. The van der Waals surface area contributed by atoms with E-state index >= 15 is 0 Å². The van der Waals surface area contributed by atoms with Crippen molar-refractivity contribution in [3.63, 3.8) is 0 Å². The Kier molecular flexibility index (Phi) is 8.28.